The number of carbonyl (C=O) groups is 1. The molecule has 0 amide bonds. The molecule has 0 spiro atoms. The Labute approximate surface area is 149 Å². The molecule has 10 N–H and O–H groups in total. The lowest BCUT2D eigenvalue weighted by atomic mass is 10.1. The van der Waals surface area contributed by atoms with Crippen LogP contribution in [0.3, 0.4) is 0 Å². The van der Waals surface area contributed by atoms with Crippen LogP contribution in [0.25, 0.3) is 0 Å². The molecule has 0 aliphatic rings. The number of benzene rings is 1. The molecular weight excluding hydrogens is 324 g/mol. The van der Waals surface area contributed by atoms with E-state index in [0.717, 1.165) is 24.8 Å². The van der Waals surface area contributed by atoms with Gasteiger partial charge in [0, 0.05) is 19.6 Å². The molecule has 25 heavy (non-hydrogen) atoms. The van der Waals surface area contributed by atoms with E-state index in [2.05, 4.69) is 16.0 Å². The smallest absolute Gasteiger partial charge is 0.185 e. The van der Waals surface area contributed by atoms with Gasteiger partial charge < -0.3 is 37.6 Å². The fraction of sp³-hybridized carbons (Fsp3) is 0.500. The highest BCUT2D eigenvalue weighted by Gasteiger charge is 2.07. The van der Waals surface area contributed by atoms with Crippen LogP contribution >= 0.6 is 0 Å². The minimum absolute atomic E-state index is 0.182. The molecule has 0 saturated carbocycles. The molecule has 1 aromatic rings. The van der Waals surface area contributed by atoms with Gasteiger partial charge in [0.15, 0.2) is 5.96 Å². The van der Waals surface area contributed by atoms with Crippen molar-refractivity contribution in [2.45, 2.75) is 25.8 Å². The molecule has 1 rings (SSSR count). The number of nitrogens with one attached hydrogen (secondary N) is 2. The van der Waals surface area contributed by atoms with E-state index >= 15 is 0 Å². The summed E-state index contributed by atoms with van der Waals surface area (Å²) in [7, 11) is 1.50. The van der Waals surface area contributed by atoms with Gasteiger partial charge in [0.1, 0.15) is 12.0 Å². The van der Waals surface area contributed by atoms with Crippen molar-refractivity contribution in [3.8, 4) is 5.75 Å². The van der Waals surface area contributed by atoms with Gasteiger partial charge in [-0.3, -0.25) is 4.99 Å². The monoisotopic (exact) mass is 356 g/mol. The maximum atomic E-state index is 10.8. The number of phenolic OH excluding ortho intramolecular Hbond substituents is 1. The summed E-state index contributed by atoms with van der Waals surface area (Å²) in [6.45, 7) is 3.66. The highest BCUT2D eigenvalue weighted by molar-refractivity contribution is 5.75. The Morgan fingerprint density at radius 3 is 2.24 bits per heavy atom. The molecule has 144 valence electrons. The van der Waals surface area contributed by atoms with Gasteiger partial charge in [-0.05, 0) is 37.6 Å². The molecule has 1 atom stereocenters. The second-order valence-corrected chi connectivity index (χ2v) is 4.78. The summed E-state index contributed by atoms with van der Waals surface area (Å²) in [4.78, 5) is 14.5. The first-order valence-corrected chi connectivity index (χ1v) is 8.00. The number of aromatic hydroxyl groups is 1. The molecule has 0 aliphatic heterocycles. The summed E-state index contributed by atoms with van der Waals surface area (Å²) in [6.07, 6.45) is 2.40. The number of guanidine groups is 1. The molecule has 0 saturated heterocycles. The van der Waals surface area contributed by atoms with E-state index in [-0.39, 0.29) is 17.8 Å². The Balaban J connectivity index is 0. The average Bonchev–Trinajstić information content (AvgIpc) is 2.63. The lowest BCUT2D eigenvalue weighted by molar-refractivity contribution is -0.109. The molecule has 0 radical (unpaired) electrons. The standard InChI is InChI=1S/C11H16N2O3.C4H11N3.CH5N/c14-8-10(12-5-6-13-16)7-9-1-3-11(15)4-2-9;1-2-3-7-4(5)6;1-2/h1-4,8,10,12-13,15-16H,5-7H2;2-3H2,1H3,(H4,5,6,7);2H2,1H3. The van der Waals surface area contributed by atoms with Crippen LogP contribution in [0.2, 0.25) is 0 Å². The van der Waals surface area contributed by atoms with Crippen molar-refractivity contribution in [3.63, 3.8) is 0 Å². The van der Waals surface area contributed by atoms with Crippen LogP contribution in [0.15, 0.2) is 29.3 Å². The number of aldehydes is 1. The van der Waals surface area contributed by atoms with E-state index in [4.69, 9.17) is 21.8 Å². The molecule has 1 unspecified atom stereocenters. The fourth-order valence-electron chi connectivity index (χ4n) is 1.61. The van der Waals surface area contributed by atoms with Gasteiger partial charge in [-0.15, -0.1) is 0 Å². The van der Waals surface area contributed by atoms with Crippen molar-refractivity contribution in [3.05, 3.63) is 29.8 Å². The number of hydrogen-bond donors (Lipinski definition) is 7. The molecule has 0 bridgehead atoms. The number of hydrogen-bond acceptors (Lipinski definition) is 7. The number of nitrogens with two attached hydrogens (primary N) is 3. The molecule has 0 fully saturated rings. The molecule has 0 heterocycles. The third kappa shape index (κ3) is 16.4. The fourth-order valence-corrected chi connectivity index (χ4v) is 1.61. The summed E-state index contributed by atoms with van der Waals surface area (Å²) in [5, 5.41) is 20.4. The van der Waals surface area contributed by atoms with Gasteiger partial charge in [-0.25, -0.2) is 5.48 Å². The maximum Gasteiger partial charge on any atom is 0.185 e. The third-order valence-corrected chi connectivity index (χ3v) is 2.72. The topological polar surface area (TPSA) is 172 Å². The zero-order valence-electron chi connectivity index (χ0n) is 15.0. The SMILES string of the molecule is CCCN=C(N)N.CN.O=CC(Cc1ccc(O)cc1)NCCNO. The number of rotatable bonds is 9. The van der Waals surface area contributed by atoms with E-state index < -0.39 is 0 Å². The van der Waals surface area contributed by atoms with Crippen molar-refractivity contribution in [2.75, 3.05) is 26.7 Å². The van der Waals surface area contributed by atoms with Crippen LogP contribution in [0, 0.1) is 0 Å². The minimum atomic E-state index is -0.280. The number of hydroxylamine groups is 1. The van der Waals surface area contributed by atoms with Crippen LogP contribution in [-0.4, -0.2) is 55.3 Å². The van der Waals surface area contributed by atoms with Crippen LogP contribution < -0.4 is 28.0 Å². The highest BCUT2D eigenvalue weighted by Crippen LogP contribution is 2.10. The first-order valence-electron chi connectivity index (χ1n) is 8.00. The summed E-state index contributed by atoms with van der Waals surface area (Å²) >= 11 is 0. The Kier molecular flexibility index (Phi) is 18.2. The van der Waals surface area contributed by atoms with Crippen LogP contribution in [0.1, 0.15) is 18.9 Å². The highest BCUT2D eigenvalue weighted by atomic mass is 16.5. The Morgan fingerprint density at radius 2 is 1.84 bits per heavy atom. The van der Waals surface area contributed by atoms with Gasteiger partial charge in [0.05, 0.1) is 6.04 Å². The first kappa shape index (κ1) is 25.0. The van der Waals surface area contributed by atoms with E-state index in [1.807, 2.05) is 12.4 Å². The molecule has 9 heteroatoms. The van der Waals surface area contributed by atoms with Crippen molar-refractivity contribution in [1.82, 2.24) is 10.8 Å². The molecular formula is C16H32N6O3. The third-order valence-electron chi connectivity index (χ3n) is 2.72. The molecule has 1 aromatic carbocycles. The number of nitrogens with zero attached hydrogens (tertiary/aromatic N) is 1. The van der Waals surface area contributed by atoms with Crippen molar-refractivity contribution in [2.24, 2.45) is 22.2 Å². The quantitative estimate of drug-likeness (QED) is 0.100. The zero-order chi connectivity index (χ0) is 19.5. The normalized spacial score (nSPS) is 10.4. The summed E-state index contributed by atoms with van der Waals surface area (Å²) in [5.41, 5.74) is 17.5. The number of carbonyl (C=O) groups excluding carboxylic acids is 1. The van der Waals surface area contributed by atoms with Gasteiger partial charge in [0.2, 0.25) is 0 Å². The lowest BCUT2D eigenvalue weighted by Crippen LogP contribution is -2.36. The van der Waals surface area contributed by atoms with Crippen LogP contribution in [0.4, 0.5) is 0 Å². The van der Waals surface area contributed by atoms with Gasteiger partial charge >= 0.3 is 0 Å². The summed E-state index contributed by atoms with van der Waals surface area (Å²) in [6, 6.07) is 6.45. The number of phenols is 1. The van der Waals surface area contributed by atoms with E-state index in [1.165, 1.54) is 7.05 Å². The zero-order valence-corrected chi connectivity index (χ0v) is 15.0. The Morgan fingerprint density at radius 1 is 1.24 bits per heavy atom. The number of aliphatic imine (C=N–C) groups is 1. The van der Waals surface area contributed by atoms with Crippen molar-refractivity contribution < 1.29 is 15.1 Å². The van der Waals surface area contributed by atoms with Crippen molar-refractivity contribution in [1.29, 1.82) is 0 Å². The summed E-state index contributed by atoms with van der Waals surface area (Å²) < 4.78 is 0. The molecule has 0 aromatic heterocycles. The molecule has 9 nitrogen and oxygen atoms in total. The van der Waals surface area contributed by atoms with Gasteiger partial charge in [-0.2, -0.15) is 0 Å². The van der Waals surface area contributed by atoms with Crippen LogP contribution in [-0.2, 0) is 11.2 Å². The van der Waals surface area contributed by atoms with Crippen molar-refractivity contribution >= 4 is 12.2 Å². The maximum absolute atomic E-state index is 10.8. The first-order chi connectivity index (χ1) is 12.0. The lowest BCUT2D eigenvalue weighted by Gasteiger charge is -2.12. The predicted octanol–water partition coefficient (Wildman–Crippen LogP) is -0.685. The second-order valence-electron chi connectivity index (χ2n) is 4.78. The van der Waals surface area contributed by atoms with Gasteiger partial charge in [-0.1, -0.05) is 19.1 Å². The van der Waals surface area contributed by atoms with E-state index in [0.29, 0.717) is 19.5 Å². The predicted molar refractivity (Wildman–Crippen MR) is 101 cm³/mol. The average molecular weight is 356 g/mol. The van der Waals surface area contributed by atoms with Crippen LogP contribution in [0.5, 0.6) is 5.75 Å². The minimum Gasteiger partial charge on any atom is -0.508 e. The second kappa shape index (κ2) is 18.1. The van der Waals surface area contributed by atoms with E-state index in [9.17, 15) is 4.79 Å². The van der Waals surface area contributed by atoms with Gasteiger partial charge in [0.25, 0.3) is 0 Å². The summed E-state index contributed by atoms with van der Waals surface area (Å²) in [5.74, 6) is 0.394. The largest absolute Gasteiger partial charge is 0.508 e. The van der Waals surface area contributed by atoms with E-state index in [1.54, 1.807) is 24.3 Å². The molecule has 0 aliphatic carbocycles. The Bertz CT molecular complexity index is 450. The Hall–Kier alpha value is -2.20.